The van der Waals surface area contributed by atoms with E-state index in [0.717, 1.165) is 0 Å². The molecular weight excluding hydrogens is 360 g/mol. The first-order valence-electron chi connectivity index (χ1n) is 0. The Morgan fingerprint density at radius 3 is 1.00 bits per heavy atom. The summed E-state index contributed by atoms with van der Waals surface area (Å²) in [5.41, 5.74) is 0. The van der Waals surface area contributed by atoms with Crippen LogP contribution in [0.25, 0.3) is 0 Å². The van der Waals surface area contributed by atoms with Crippen molar-refractivity contribution in [3.8, 4) is 0 Å². The Morgan fingerprint density at radius 1 is 1.00 bits per heavy atom. The van der Waals surface area contributed by atoms with E-state index in [4.69, 9.17) is 0 Å². The Labute approximate surface area is 193 Å². The zero-order chi connectivity index (χ0) is 0. The van der Waals surface area contributed by atoms with Crippen LogP contribution in [0.4, 0.5) is 0 Å². The van der Waals surface area contributed by atoms with Crippen LogP contribution in [0.15, 0.2) is 0 Å². The van der Waals surface area contributed by atoms with Crippen LogP contribution >= 0.6 is 0 Å². The Bertz CT molecular complexity index is 11.6. The van der Waals surface area contributed by atoms with Gasteiger partial charge in [0.05, 0.1) is 0 Å². The van der Waals surface area contributed by atoms with Gasteiger partial charge in [0.2, 0.25) is 0 Å². The first-order chi connectivity index (χ1) is 0. The van der Waals surface area contributed by atoms with Gasteiger partial charge in [0.1, 0.15) is 0 Å². The van der Waals surface area contributed by atoms with E-state index in [1.165, 1.54) is 0 Å². The van der Waals surface area contributed by atoms with E-state index < -0.39 is 0 Å². The molecule has 0 bridgehead atoms. The maximum atomic E-state index is 0. The Balaban J connectivity index is 0. The fourth-order valence-corrected chi connectivity index (χ4v) is 0. The molecule has 0 nitrogen and oxygen atoms in total. The zero-order valence-electron chi connectivity index (χ0n) is 0.354. The van der Waals surface area contributed by atoms with Crippen LogP contribution < -0.4 is 0 Å². The second-order valence-electron chi connectivity index (χ2n) is 0. The molecule has 0 atom stereocenters. The van der Waals surface area contributed by atoms with E-state index in [9.17, 15) is 0 Å². The van der Waals surface area contributed by atoms with Crippen molar-refractivity contribution < 1.29 is 17.1 Å². The van der Waals surface area contributed by atoms with Crippen molar-refractivity contribution in [2.75, 3.05) is 0 Å². The average molecular weight is 367 g/mol. The summed E-state index contributed by atoms with van der Waals surface area (Å²) >= 11 is 0. The van der Waals surface area contributed by atoms with Crippen molar-refractivity contribution >= 4 is 183 Å². The molecule has 0 aromatic carbocycles. The fraction of sp³-hybridized carbons (Fsp3) is 0. The van der Waals surface area contributed by atoms with Crippen LogP contribution in [0.1, 0.15) is 0 Å². The van der Waals surface area contributed by atoms with E-state index in [2.05, 4.69) is 0 Å². The van der Waals surface area contributed by atoms with Crippen molar-refractivity contribution in [3.63, 3.8) is 0 Å². The van der Waals surface area contributed by atoms with Crippen molar-refractivity contribution in [1.29, 1.82) is 0 Å². The molecule has 0 saturated heterocycles. The van der Waals surface area contributed by atoms with E-state index in [-0.39, 0.29) is 201 Å². The van der Waals surface area contributed by atoms with Crippen LogP contribution in [-0.2, 0) is 17.1 Å². The summed E-state index contributed by atoms with van der Waals surface area (Å²) in [6.45, 7) is 0. The van der Waals surface area contributed by atoms with Gasteiger partial charge in [-0.05, 0) is 0 Å². The monoisotopic (exact) mass is 368 g/mol. The van der Waals surface area contributed by atoms with Crippen molar-refractivity contribution in [2.24, 2.45) is 0 Å². The molecule has 0 aliphatic rings. The number of hydrogen-bond donors (Lipinski definition) is 0. The van der Waals surface area contributed by atoms with Gasteiger partial charge in [-0.2, -0.15) is 0 Å². The zero-order valence-corrected chi connectivity index (χ0v) is 1.46. The van der Waals surface area contributed by atoms with E-state index >= 15 is 0 Å². The third-order valence-electron chi connectivity index (χ3n) is 0. The molecule has 22 valence electrons. The number of rotatable bonds is 0. The molecular formula is H7BaCaFeKSr. The third-order valence-corrected chi connectivity index (χ3v) is 0. The van der Waals surface area contributed by atoms with Gasteiger partial charge >= 0.3 is 183 Å². The fourth-order valence-electron chi connectivity index (χ4n) is 0. The molecule has 0 rings (SSSR count). The Hall–Kier alpha value is 6.47. The van der Waals surface area contributed by atoms with E-state index in [1.54, 1.807) is 0 Å². The predicted molar refractivity (Wildman–Crippen MR) is 32.8 cm³/mol. The Kier molecular flexibility index (Phi) is 135. The molecule has 0 spiro atoms. The van der Waals surface area contributed by atoms with Crippen LogP contribution in [0.2, 0.25) is 0 Å². The molecule has 0 aromatic heterocycles. The Morgan fingerprint density at radius 2 is 1.00 bits per heavy atom. The van der Waals surface area contributed by atoms with E-state index in [1.807, 2.05) is 0 Å². The molecule has 0 radical (unpaired) electrons. The molecule has 0 heterocycles. The van der Waals surface area contributed by atoms with Gasteiger partial charge in [0.15, 0.2) is 0 Å². The average Bonchev–Trinajstić information content (AvgIpc) is 0. The molecule has 5 heteroatoms. The summed E-state index contributed by atoms with van der Waals surface area (Å²) in [5, 5.41) is 0. The van der Waals surface area contributed by atoms with Gasteiger partial charge in [-0.1, -0.05) is 0 Å². The summed E-state index contributed by atoms with van der Waals surface area (Å²) in [6, 6.07) is 0. The normalized spacial score (nSPS) is 0. The SMILES string of the molecule is [BaH2].[CaH2].[Fe].[KH].[SrH2]. The van der Waals surface area contributed by atoms with Crippen LogP contribution in [0.5, 0.6) is 0 Å². The summed E-state index contributed by atoms with van der Waals surface area (Å²) in [6.07, 6.45) is 0. The topological polar surface area (TPSA) is 0 Å². The van der Waals surface area contributed by atoms with Gasteiger partial charge in [-0.3, -0.25) is 0 Å². The summed E-state index contributed by atoms with van der Waals surface area (Å²) < 4.78 is 0. The van der Waals surface area contributed by atoms with Gasteiger partial charge in [-0.15, -0.1) is 0 Å². The molecule has 0 aromatic rings. The van der Waals surface area contributed by atoms with Crippen molar-refractivity contribution in [2.45, 2.75) is 0 Å². The summed E-state index contributed by atoms with van der Waals surface area (Å²) in [5.74, 6) is 0. The minimum absolute atomic E-state index is 0. The van der Waals surface area contributed by atoms with Crippen LogP contribution in [0, 0.1) is 0 Å². The molecule has 5 heavy (non-hydrogen) atoms. The van der Waals surface area contributed by atoms with Gasteiger partial charge in [-0.25, -0.2) is 0 Å². The molecule has 0 aliphatic heterocycles. The van der Waals surface area contributed by atoms with Crippen molar-refractivity contribution in [3.05, 3.63) is 0 Å². The molecule has 0 fully saturated rings. The second kappa shape index (κ2) is 22.4. The number of hydrogen-bond acceptors (Lipinski definition) is 0. The molecule has 0 N–H and O–H groups in total. The van der Waals surface area contributed by atoms with Gasteiger partial charge < -0.3 is 0 Å². The van der Waals surface area contributed by atoms with Gasteiger partial charge in [0, 0.05) is 17.1 Å². The molecule has 0 unspecified atom stereocenters. The van der Waals surface area contributed by atoms with Crippen LogP contribution in [-0.4, -0.2) is 183 Å². The van der Waals surface area contributed by atoms with Crippen molar-refractivity contribution in [1.82, 2.24) is 0 Å². The standard InChI is InChI=1S/Ba.Ca.Fe.K.Sr.7H. The summed E-state index contributed by atoms with van der Waals surface area (Å²) in [7, 11) is 0. The first-order valence-corrected chi connectivity index (χ1v) is 0. The molecule has 0 aliphatic carbocycles. The van der Waals surface area contributed by atoms with E-state index in [0.29, 0.717) is 0 Å². The first kappa shape index (κ1) is 30.0. The minimum atomic E-state index is 0. The maximum absolute atomic E-state index is 0. The quantitative estimate of drug-likeness (QED) is 0.392. The predicted octanol–water partition coefficient (Wildman–Crippen LogP) is -3.40. The second-order valence-corrected chi connectivity index (χ2v) is 0. The molecule has 0 amide bonds. The van der Waals surface area contributed by atoms with Gasteiger partial charge in [0.25, 0.3) is 0 Å². The van der Waals surface area contributed by atoms with Crippen LogP contribution in [0.3, 0.4) is 0 Å². The molecule has 0 saturated carbocycles. The third kappa shape index (κ3) is 17.9. The summed E-state index contributed by atoms with van der Waals surface area (Å²) in [4.78, 5) is 0.